The van der Waals surface area contributed by atoms with Gasteiger partial charge in [-0.15, -0.1) is 0 Å². The number of aliphatic hydroxyl groups is 1. The highest BCUT2D eigenvalue weighted by atomic mass is 35.5. The van der Waals surface area contributed by atoms with Gasteiger partial charge in [-0.3, -0.25) is 4.99 Å². The number of aliphatic imine (C=N–C) groups is 1. The average molecular weight is 367 g/mol. The largest absolute Gasteiger partial charge is 0.393 e. The smallest absolute Gasteiger partial charge is 0.191 e. The molecule has 1 unspecified atom stereocenters. The van der Waals surface area contributed by atoms with Crippen LogP contribution in [0.4, 0.5) is 0 Å². The van der Waals surface area contributed by atoms with E-state index < -0.39 is 0 Å². The van der Waals surface area contributed by atoms with Gasteiger partial charge in [0, 0.05) is 31.2 Å². The minimum absolute atomic E-state index is 0.0927. The Bertz CT molecular complexity index is 544. The number of aliphatic hydroxyl groups excluding tert-OH is 1. The molecule has 0 spiro atoms. The second-order valence-corrected chi connectivity index (χ2v) is 6.98. The Morgan fingerprint density at radius 1 is 1.36 bits per heavy atom. The number of benzene rings is 1. The first kappa shape index (κ1) is 20.0. The molecule has 1 aromatic rings. The van der Waals surface area contributed by atoms with E-state index in [1.54, 1.807) is 0 Å². The van der Waals surface area contributed by atoms with E-state index in [4.69, 9.17) is 11.6 Å². The summed E-state index contributed by atoms with van der Waals surface area (Å²) in [4.78, 5) is 7.09. The highest BCUT2D eigenvalue weighted by molar-refractivity contribution is 6.31. The molecule has 5 nitrogen and oxygen atoms in total. The average Bonchev–Trinajstić information content (AvgIpc) is 2.60. The van der Waals surface area contributed by atoms with Gasteiger partial charge in [-0.05, 0) is 51.3 Å². The Morgan fingerprint density at radius 2 is 2.08 bits per heavy atom. The minimum Gasteiger partial charge on any atom is -0.393 e. The van der Waals surface area contributed by atoms with Gasteiger partial charge in [-0.25, -0.2) is 0 Å². The number of hydrogen-bond donors (Lipinski definition) is 3. The molecule has 0 radical (unpaired) electrons. The summed E-state index contributed by atoms with van der Waals surface area (Å²) >= 11 is 6.28. The molecule has 3 N–H and O–H groups in total. The van der Waals surface area contributed by atoms with Crippen molar-refractivity contribution >= 4 is 17.6 Å². The third-order valence-electron chi connectivity index (χ3n) is 4.53. The minimum atomic E-state index is -0.106. The second-order valence-electron chi connectivity index (χ2n) is 6.57. The Morgan fingerprint density at radius 3 is 2.76 bits per heavy atom. The fourth-order valence-corrected chi connectivity index (χ4v) is 3.36. The van der Waals surface area contributed by atoms with E-state index >= 15 is 0 Å². The van der Waals surface area contributed by atoms with Crippen LogP contribution >= 0.6 is 11.6 Å². The Balaban J connectivity index is 1.80. The highest BCUT2D eigenvalue weighted by Gasteiger charge is 2.16. The van der Waals surface area contributed by atoms with Crippen LogP contribution in [0.2, 0.25) is 5.02 Å². The zero-order valence-corrected chi connectivity index (χ0v) is 16.1. The van der Waals surface area contributed by atoms with Gasteiger partial charge in [0.1, 0.15) is 0 Å². The van der Waals surface area contributed by atoms with Gasteiger partial charge < -0.3 is 20.6 Å². The zero-order valence-electron chi connectivity index (χ0n) is 15.3. The maximum atomic E-state index is 9.55. The first-order chi connectivity index (χ1) is 12.1. The predicted octanol–water partition coefficient (Wildman–Crippen LogP) is 2.80. The van der Waals surface area contributed by atoms with Gasteiger partial charge in [-0.2, -0.15) is 0 Å². The molecular formula is C19H31ClN4O. The van der Waals surface area contributed by atoms with Crippen LogP contribution in [0.15, 0.2) is 29.3 Å². The second kappa shape index (κ2) is 10.6. The maximum absolute atomic E-state index is 9.55. The monoisotopic (exact) mass is 366 g/mol. The number of halogens is 1. The van der Waals surface area contributed by atoms with Crippen molar-refractivity contribution < 1.29 is 5.11 Å². The molecule has 0 saturated carbocycles. The Kier molecular flexibility index (Phi) is 8.52. The quantitative estimate of drug-likeness (QED) is 0.394. The molecule has 25 heavy (non-hydrogen) atoms. The van der Waals surface area contributed by atoms with Gasteiger partial charge >= 0.3 is 0 Å². The van der Waals surface area contributed by atoms with Crippen LogP contribution in [0.5, 0.6) is 0 Å². The highest BCUT2D eigenvalue weighted by Crippen LogP contribution is 2.21. The van der Waals surface area contributed by atoms with Gasteiger partial charge in [0.2, 0.25) is 0 Å². The first-order valence-electron chi connectivity index (χ1n) is 9.29. The standard InChI is InChI=1S/C19H31ClN4O/c1-3-21-19(23-15(2)17-7-4-5-8-18(17)20)22-11-6-12-24-13-9-16(25)10-14-24/h4-5,7-8,15-16,25H,3,6,9-14H2,1-2H3,(H2,21,22,23). The molecule has 1 aromatic carbocycles. The van der Waals surface area contributed by atoms with Crippen molar-refractivity contribution in [1.29, 1.82) is 0 Å². The summed E-state index contributed by atoms with van der Waals surface area (Å²) in [6.45, 7) is 8.79. The molecule has 6 heteroatoms. The summed E-state index contributed by atoms with van der Waals surface area (Å²) in [5.41, 5.74) is 1.07. The molecule has 1 fully saturated rings. The molecule has 0 aromatic heterocycles. The summed E-state index contributed by atoms with van der Waals surface area (Å²) < 4.78 is 0. The van der Waals surface area contributed by atoms with Crippen LogP contribution in [0.3, 0.4) is 0 Å². The fourth-order valence-electron chi connectivity index (χ4n) is 3.06. The Labute approximate surface area is 156 Å². The summed E-state index contributed by atoms with van der Waals surface area (Å²) in [6.07, 6.45) is 2.70. The molecule has 1 heterocycles. The summed E-state index contributed by atoms with van der Waals surface area (Å²) in [5.74, 6) is 0.823. The van der Waals surface area contributed by atoms with E-state index in [-0.39, 0.29) is 12.1 Å². The molecule has 1 saturated heterocycles. The van der Waals surface area contributed by atoms with Crippen molar-refractivity contribution in [2.24, 2.45) is 4.99 Å². The van der Waals surface area contributed by atoms with Crippen molar-refractivity contribution in [3.63, 3.8) is 0 Å². The van der Waals surface area contributed by atoms with Crippen molar-refractivity contribution in [3.05, 3.63) is 34.9 Å². The van der Waals surface area contributed by atoms with Gasteiger partial charge in [0.25, 0.3) is 0 Å². The number of piperidine rings is 1. The molecule has 1 atom stereocenters. The third-order valence-corrected chi connectivity index (χ3v) is 4.87. The summed E-state index contributed by atoms with van der Waals surface area (Å²) in [6, 6.07) is 7.98. The molecule has 0 aliphatic carbocycles. The van der Waals surface area contributed by atoms with E-state index in [0.29, 0.717) is 0 Å². The van der Waals surface area contributed by atoms with Crippen molar-refractivity contribution in [2.45, 2.75) is 45.3 Å². The van der Waals surface area contributed by atoms with E-state index in [9.17, 15) is 5.11 Å². The molecule has 0 bridgehead atoms. The van der Waals surface area contributed by atoms with Crippen molar-refractivity contribution in [2.75, 3.05) is 32.7 Å². The molecule has 2 rings (SSSR count). The Hall–Kier alpha value is -1.30. The normalized spacial score (nSPS) is 18.2. The zero-order chi connectivity index (χ0) is 18.1. The molecule has 1 aliphatic rings. The van der Waals surface area contributed by atoms with Crippen LogP contribution in [0.1, 0.15) is 44.7 Å². The number of nitrogens with zero attached hydrogens (tertiary/aromatic N) is 2. The van der Waals surface area contributed by atoms with E-state index in [2.05, 4.69) is 34.4 Å². The maximum Gasteiger partial charge on any atom is 0.191 e. The number of hydrogen-bond acceptors (Lipinski definition) is 3. The molecule has 1 aliphatic heterocycles. The molecule has 140 valence electrons. The number of nitrogens with one attached hydrogen (secondary N) is 2. The lowest BCUT2D eigenvalue weighted by Gasteiger charge is -2.29. The van der Waals surface area contributed by atoms with Crippen LogP contribution in [0, 0.1) is 0 Å². The first-order valence-corrected chi connectivity index (χ1v) is 9.67. The van der Waals surface area contributed by atoms with Crippen LogP contribution in [0.25, 0.3) is 0 Å². The van der Waals surface area contributed by atoms with E-state index in [0.717, 1.165) is 68.5 Å². The number of guanidine groups is 1. The van der Waals surface area contributed by atoms with E-state index in [1.165, 1.54) is 0 Å². The van der Waals surface area contributed by atoms with E-state index in [1.807, 2.05) is 24.3 Å². The number of rotatable bonds is 7. The SMILES string of the molecule is CCNC(=NCCCN1CCC(O)CC1)NC(C)c1ccccc1Cl. The molecule has 0 amide bonds. The van der Waals surface area contributed by atoms with Gasteiger partial charge in [-0.1, -0.05) is 29.8 Å². The topological polar surface area (TPSA) is 59.9 Å². The lowest BCUT2D eigenvalue weighted by molar-refractivity contribution is 0.0824. The van der Waals surface area contributed by atoms with Gasteiger partial charge in [0.15, 0.2) is 5.96 Å². The van der Waals surface area contributed by atoms with Crippen LogP contribution in [-0.2, 0) is 0 Å². The fraction of sp³-hybridized carbons (Fsp3) is 0.632. The summed E-state index contributed by atoms with van der Waals surface area (Å²) in [7, 11) is 0. The van der Waals surface area contributed by atoms with Gasteiger partial charge in [0.05, 0.1) is 12.1 Å². The predicted molar refractivity (Wildman–Crippen MR) is 105 cm³/mol. The third kappa shape index (κ3) is 6.84. The van der Waals surface area contributed by atoms with Crippen LogP contribution < -0.4 is 10.6 Å². The van der Waals surface area contributed by atoms with Crippen molar-refractivity contribution in [3.8, 4) is 0 Å². The van der Waals surface area contributed by atoms with Crippen molar-refractivity contribution in [1.82, 2.24) is 15.5 Å². The van der Waals surface area contributed by atoms with Crippen LogP contribution in [-0.4, -0.2) is 54.8 Å². The molecular weight excluding hydrogens is 336 g/mol. The summed E-state index contributed by atoms with van der Waals surface area (Å²) in [5, 5.41) is 17.0. The lowest BCUT2D eigenvalue weighted by atomic mass is 10.1. The number of likely N-dealkylation sites (tertiary alicyclic amines) is 1. The lowest BCUT2D eigenvalue weighted by Crippen LogP contribution is -2.39.